The van der Waals surface area contributed by atoms with Gasteiger partial charge in [0, 0.05) is 25.1 Å². The van der Waals surface area contributed by atoms with Gasteiger partial charge >= 0.3 is 12.2 Å². The number of amides is 1. The predicted octanol–water partition coefficient (Wildman–Crippen LogP) is 2.77. The summed E-state index contributed by atoms with van der Waals surface area (Å²) in [5.74, 6) is -0.294. The summed E-state index contributed by atoms with van der Waals surface area (Å²) in [5.41, 5.74) is 7.78. The molecule has 2 N–H and O–H groups in total. The highest BCUT2D eigenvalue weighted by molar-refractivity contribution is 6.10. The molecule has 0 atom stereocenters. The standard InChI is InChI=1S/C17H17F3N4O2/c1-26-16-22-12-7-9-24(15(25)13(12)14(21)23-16)11-4-2-10(3-5-11)6-8-17(18,19)20/h2-5H,6-9H2,1H3,(H2,21,22,23). The van der Waals surface area contributed by atoms with E-state index in [1.807, 2.05) is 0 Å². The van der Waals surface area contributed by atoms with E-state index in [0.717, 1.165) is 0 Å². The van der Waals surface area contributed by atoms with Gasteiger partial charge in [-0.25, -0.2) is 0 Å². The molecule has 1 aliphatic heterocycles. The van der Waals surface area contributed by atoms with Crippen molar-refractivity contribution in [1.29, 1.82) is 0 Å². The number of halogens is 3. The third-order valence-corrected chi connectivity index (χ3v) is 4.15. The van der Waals surface area contributed by atoms with Gasteiger partial charge < -0.3 is 15.4 Å². The smallest absolute Gasteiger partial charge is 0.389 e. The molecule has 26 heavy (non-hydrogen) atoms. The number of nitrogen functional groups attached to an aromatic ring is 1. The monoisotopic (exact) mass is 366 g/mol. The first-order valence-electron chi connectivity index (χ1n) is 7.96. The van der Waals surface area contributed by atoms with Crippen molar-refractivity contribution in [3.05, 3.63) is 41.1 Å². The third kappa shape index (κ3) is 3.71. The minimum atomic E-state index is -4.19. The Kier molecular flexibility index (Phi) is 4.71. The summed E-state index contributed by atoms with van der Waals surface area (Å²) in [6.45, 7) is 0.382. The van der Waals surface area contributed by atoms with Crippen LogP contribution in [0.2, 0.25) is 0 Å². The van der Waals surface area contributed by atoms with E-state index in [4.69, 9.17) is 10.5 Å². The van der Waals surface area contributed by atoms with Crippen LogP contribution in [-0.2, 0) is 12.8 Å². The molecule has 0 radical (unpaired) electrons. The maximum Gasteiger partial charge on any atom is 0.389 e. The van der Waals surface area contributed by atoms with Crippen molar-refractivity contribution in [1.82, 2.24) is 9.97 Å². The van der Waals surface area contributed by atoms with Gasteiger partial charge in [0.1, 0.15) is 11.4 Å². The van der Waals surface area contributed by atoms with E-state index in [1.165, 1.54) is 12.0 Å². The Hall–Kier alpha value is -2.84. The second-order valence-electron chi connectivity index (χ2n) is 5.91. The van der Waals surface area contributed by atoms with Crippen molar-refractivity contribution in [2.45, 2.75) is 25.4 Å². The number of carbonyl (C=O) groups excluding carboxylic acids is 1. The molecule has 0 saturated heterocycles. The number of methoxy groups -OCH3 is 1. The fourth-order valence-electron chi connectivity index (χ4n) is 2.84. The summed E-state index contributed by atoms with van der Waals surface area (Å²) in [6.07, 6.45) is -4.69. The Morgan fingerprint density at radius 3 is 2.54 bits per heavy atom. The third-order valence-electron chi connectivity index (χ3n) is 4.15. The molecule has 0 fully saturated rings. The highest BCUT2D eigenvalue weighted by atomic mass is 19.4. The van der Waals surface area contributed by atoms with E-state index in [1.54, 1.807) is 24.3 Å². The number of benzene rings is 1. The fraction of sp³-hybridized carbons (Fsp3) is 0.353. The number of hydrogen-bond acceptors (Lipinski definition) is 5. The Balaban J connectivity index is 1.80. The number of fused-ring (bicyclic) bond motifs is 1. The van der Waals surface area contributed by atoms with Crippen molar-refractivity contribution in [3.8, 4) is 6.01 Å². The molecule has 0 saturated carbocycles. The Morgan fingerprint density at radius 2 is 1.92 bits per heavy atom. The van der Waals surface area contributed by atoms with Crippen LogP contribution in [0.3, 0.4) is 0 Å². The highest BCUT2D eigenvalue weighted by Gasteiger charge is 2.30. The lowest BCUT2D eigenvalue weighted by Gasteiger charge is -2.28. The van der Waals surface area contributed by atoms with Gasteiger partial charge in [0.2, 0.25) is 0 Å². The van der Waals surface area contributed by atoms with E-state index in [9.17, 15) is 18.0 Å². The number of alkyl halides is 3. The summed E-state index contributed by atoms with van der Waals surface area (Å²) >= 11 is 0. The molecule has 0 unspecified atom stereocenters. The molecule has 0 spiro atoms. The molecule has 1 aliphatic rings. The minimum absolute atomic E-state index is 0.0448. The number of carbonyl (C=O) groups is 1. The Labute approximate surface area is 147 Å². The van der Waals surface area contributed by atoms with Crippen LogP contribution in [0, 0.1) is 0 Å². The second-order valence-corrected chi connectivity index (χ2v) is 5.91. The molecule has 2 aromatic rings. The van der Waals surface area contributed by atoms with Crippen LogP contribution in [0.5, 0.6) is 6.01 Å². The van der Waals surface area contributed by atoms with E-state index in [2.05, 4.69) is 9.97 Å². The fourth-order valence-corrected chi connectivity index (χ4v) is 2.84. The van der Waals surface area contributed by atoms with Crippen LogP contribution in [0.25, 0.3) is 0 Å². The van der Waals surface area contributed by atoms with Crippen molar-refractivity contribution >= 4 is 17.4 Å². The number of nitrogens with two attached hydrogens (primary N) is 1. The number of aromatic nitrogens is 2. The van der Waals surface area contributed by atoms with Gasteiger partial charge in [-0.05, 0) is 24.1 Å². The lowest BCUT2D eigenvalue weighted by Crippen LogP contribution is -2.39. The zero-order valence-corrected chi connectivity index (χ0v) is 14.0. The number of hydrogen-bond donors (Lipinski definition) is 1. The first-order valence-corrected chi connectivity index (χ1v) is 7.96. The van der Waals surface area contributed by atoms with Gasteiger partial charge in [-0.2, -0.15) is 23.1 Å². The minimum Gasteiger partial charge on any atom is -0.467 e. The number of ether oxygens (including phenoxy) is 1. The molecule has 3 rings (SSSR count). The van der Waals surface area contributed by atoms with Gasteiger partial charge in [0.05, 0.1) is 12.8 Å². The Bertz CT molecular complexity index is 822. The SMILES string of the molecule is COc1nc(N)c2c(n1)CCN(c1ccc(CCC(F)(F)F)cc1)C2=O. The van der Waals surface area contributed by atoms with E-state index < -0.39 is 12.6 Å². The van der Waals surface area contributed by atoms with Gasteiger partial charge in [0.25, 0.3) is 5.91 Å². The van der Waals surface area contributed by atoms with Crippen LogP contribution in [0.4, 0.5) is 24.7 Å². The van der Waals surface area contributed by atoms with Gasteiger partial charge in [-0.15, -0.1) is 0 Å². The zero-order valence-electron chi connectivity index (χ0n) is 14.0. The van der Waals surface area contributed by atoms with Crippen molar-refractivity contribution in [2.24, 2.45) is 0 Å². The summed E-state index contributed by atoms with van der Waals surface area (Å²) < 4.78 is 41.9. The molecule has 0 aliphatic carbocycles. The molecule has 1 aromatic heterocycles. The molecule has 1 aromatic carbocycles. The molecule has 1 amide bonds. The quantitative estimate of drug-likeness (QED) is 0.900. The van der Waals surface area contributed by atoms with E-state index in [-0.39, 0.29) is 29.7 Å². The molecule has 6 nitrogen and oxygen atoms in total. The van der Waals surface area contributed by atoms with Crippen molar-refractivity contribution in [3.63, 3.8) is 0 Å². The topological polar surface area (TPSA) is 81.3 Å². The number of nitrogens with zero attached hydrogens (tertiary/aromatic N) is 3. The van der Waals surface area contributed by atoms with E-state index in [0.29, 0.717) is 29.9 Å². The predicted molar refractivity (Wildman–Crippen MR) is 89.2 cm³/mol. The molecule has 138 valence electrons. The maximum absolute atomic E-state index is 12.8. The van der Waals surface area contributed by atoms with Crippen molar-refractivity contribution in [2.75, 3.05) is 24.3 Å². The summed E-state index contributed by atoms with van der Waals surface area (Å²) in [5, 5.41) is 0. The Morgan fingerprint density at radius 1 is 1.23 bits per heavy atom. The summed E-state index contributed by atoms with van der Waals surface area (Å²) in [4.78, 5) is 22.4. The average molecular weight is 366 g/mol. The summed E-state index contributed by atoms with van der Waals surface area (Å²) in [7, 11) is 1.42. The van der Waals surface area contributed by atoms with Crippen LogP contribution in [-0.4, -0.2) is 35.7 Å². The zero-order chi connectivity index (χ0) is 18.9. The maximum atomic E-state index is 12.8. The number of rotatable bonds is 4. The normalized spacial score (nSPS) is 14.3. The lowest BCUT2D eigenvalue weighted by atomic mass is 10.0. The van der Waals surface area contributed by atoms with Crippen LogP contribution >= 0.6 is 0 Å². The van der Waals surface area contributed by atoms with Gasteiger partial charge in [0.15, 0.2) is 0 Å². The van der Waals surface area contributed by atoms with Crippen LogP contribution in [0.15, 0.2) is 24.3 Å². The molecule has 9 heteroatoms. The van der Waals surface area contributed by atoms with Gasteiger partial charge in [-0.1, -0.05) is 12.1 Å². The van der Waals surface area contributed by atoms with Gasteiger partial charge in [-0.3, -0.25) is 4.79 Å². The molecular formula is C17H17F3N4O2. The number of anilines is 2. The molecule has 0 bridgehead atoms. The van der Waals surface area contributed by atoms with E-state index >= 15 is 0 Å². The number of aryl methyl sites for hydroxylation is 1. The average Bonchev–Trinajstić information content (AvgIpc) is 2.59. The van der Waals surface area contributed by atoms with Crippen molar-refractivity contribution < 1.29 is 22.7 Å². The van der Waals surface area contributed by atoms with Crippen LogP contribution in [0.1, 0.15) is 28.0 Å². The first-order chi connectivity index (χ1) is 12.3. The highest BCUT2D eigenvalue weighted by Crippen LogP contribution is 2.28. The van der Waals surface area contributed by atoms with Crippen LogP contribution < -0.4 is 15.4 Å². The molecular weight excluding hydrogens is 349 g/mol. The largest absolute Gasteiger partial charge is 0.467 e. The lowest BCUT2D eigenvalue weighted by molar-refractivity contribution is -0.133. The summed E-state index contributed by atoms with van der Waals surface area (Å²) in [6, 6.07) is 6.57. The first kappa shape index (κ1) is 18.0. The second kappa shape index (κ2) is 6.81. The molecule has 2 heterocycles.